The van der Waals surface area contributed by atoms with Gasteiger partial charge in [-0.15, -0.1) is 11.8 Å². The van der Waals surface area contributed by atoms with E-state index in [9.17, 15) is 4.79 Å². The first-order valence-electron chi connectivity index (χ1n) is 6.37. The average Bonchev–Trinajstić information content (AvgIpc) is 2.27. The van der Waals surface area contributed by atoms with Crippen LogP contribution in [0.25, 0.3) is 0 Å². The summed E-state index contributed by atoms with van der Waals surface area (Å²) >= 11 is 1.90. The van der Waals surface area contributed by atoms with E-state index in [0.29, 0.717) is 0 Å². The minimum Gasteiger partial charge on any atom is -0.349 e. The van der Waals surface area contributed by atoms with Gasteiger partial charge in [0.15, 0.2) is 0 Å². The van der Waals surface area contributed by atoms with Crippen molar-refractivity contribution in [1.29, 1.82) is 0 Å². The minimum atomic E-state index is 0.237. The van der Waals surface area contributed by atoms with Crippen LogP contribution < -0.4 is 5.32 Å². The van der Waals surface area contributed by atoms with Crippen molar-refractivity contribution >= 4 is 17.7 Å². The van der Waals surface area contributed by atoms with Crippen molar-refractivity contribution in [3.8, 4) is 0 Å². The summed E-state index contributed by atoms with van der Waals surface area (Å²) in [6, 6.07) is 8.67. The summed E-state index contributed by atoms with van der Waals surface area (Å²) in [6.45, 7) is 0. The fourth-order valence-electron chi connectivity index (χ4n) is 2.45. The van der Waals surface area contributed by atoms with Crippen LogP contribution in [0.1, 0.15) is 37.3 Å². The van der Waals surface area contributed by atoms with E-state index in [4.69, 9.17) is 0 Å². The lowest BCUT2D eigenvalue weighted by Crippen LogP contribution is -2.37. The predicted octanol–water partition coefficient (Wildman–Crippen LogP) is 3.14. The third kappa shape index (κ3) is 2.21. The van der Waals surface area contributed by atoms with E-state index in [1.54, 1.807) is 0 Å². The molecule has 1 saturated carbocycles. The van der Waals surface area contributed by atoms with Gasteiger partial charge >= 0.3 is 0 Å². The van der Waals surface area contributed by atoms with Gasteiger partial charge in [-0.25, -0.2) is 0 Å². The molecule has 0 bridgehead atoms. The lowest BCUT2D eigenvalue weighted by Gasteiger charge is -2.30. The van der Waals surface area contributed by atoms with E-state index in [0.717, 1.165) is 25.0 Å². The Labute approximate surface area is 106 Å². The summed E-state index contributed by atoms with van der Waals surface area (Å²) in [6.07, 6.45) is 4.43. The summed E-state index contributed by atoms with van der Waals surface area (Å²) in [7, 11) is 0. The van der Waals surface area contributed by atoms with Crippen molar-refractivity contribution in [2.75, 3.05) is 5.75 Å². The summed E-state index contributed by atoms with van der Waals surface area (Å²) in [4.78, 5) is 13.3. The molecule has 1 heterocycles. The van der Waals surface area contributed by atoms with E-state index in [2.05, 4.69) is 29.6 Å². The Morgan fingerprint density at radius 3 is 2.82 bits per heavy atom. The highest BCUT2D eigenvalue weighted by Gasteiger charge is 2.28. The van der Waals surface area contributed by atoms with Crippen LogP contribution >= 0.6 is 11.8 Å². The van der Waals surface area contributed by atoms with Gasteiger partial charge in [0.25, 0.3) is 0 Å². The van der Waals surface area contributed by atoms with E-state index in [1.165, 1.54) is 16.9 Å². The number of hydrogen-bond donors (Lipinski definition) is 1. The fraction of sp³-hybridized carbons (Fsp3) is 0.500. The Hall–Kier alpha value is -0.960. The second-order valence-electron chi connectivity index (χ2n) is 4.86. The van der Waals surface area contributed by atoms with Gasteiger partial charge in [-0.2, -0.15) is 0 Å². The van der Waals surface area contributed by atoms with Crippen molar-refractivity contribution in [3.63, 3.8) is 0 Å². The predicted molar refractivity (Wildman–Crippen MR) is 70.0 cm³/mol. The summed E-state index contributed by atoms with van der Waals surface area (Å²) in [5.74, 6) is 1.66. The number of carbonyl (C=O) groups excluding carboxylic acids is 1. The van der Waals surface area contributed by atoms with Gasteiger partial charge in [-0.1, -0.05) is 24.6 Å². The van der Waals surface area contributed by atoms with Crippen LogP contribution in [0, 0.1) is 5.92 Å². The second kappa shape index (κ2) is 4.73. The SMILES string of the molecule is O=C(NC1CCSc2ccccc21)C1CCC1. The van der Waals surface area contributed by atoms with Crippen molar-refractivity contribution < 1.29 is 4.79 Å². The van der Waals surface area contributed by atoms with Crippen LogP contribution in [0.5, 0.6) is 0 Å². The van der Waals surface area contributed by atoms with Gasteiger partial charge in [-0.3, -0.25) is 4.79 Å². The molecule has 1 unspecified atom stereocenters. The molecule has 2 aliphatic rings. The Bertz CT molecular complexity index is 428. The molecule has 1 fully saturated rings. The van der Waals surface area contributed by atoms with Gasteiger partial charge in [0.2, 0.25) is 5.91 Å². The topological polar surface area (TPSA) is 29.1 Å². The van der Waals surface area contributed by atoms with Crippen molar-refractivity contribution in [2.24, 2.45) is 5.92 Å². The van der Waals surface area contributed by atoms with Gasteiger partial charge in [-0.05, 0) is 30.9 Å². The number of fused-ring (bicyclic) bond motifs is 1. The Kier molecular flexibility index (Phi) is 3.10. The fourth-order valence-corrected chi connectivity index (χ4v) is 3.58. The number of hydrogen-bond acceptors (Lipinski definition) is 2. The first-order valence-corrected chi connectivity index (χ1v) is 7.35. The standard InChI is InChI=1S/C14H17NOS/c16-14(10-4-3-5-10)15-12-8-9-17-13-7-2-1-6-11(12)13/h1-2,6-7,10,12H,3-5,8-9H2,(H,15,16). The van der Waals surface area contributed by atoms with Crippen LogP contribution in [0.2, 0.25) is 0 Å². The normalized spacial score (nSPS) is 23.6. The number of carbonyl (C=O) groups is 1. The molecule has 1 amide bonds. The zero-order valence-electron chi connectivity index (χ0n) is 9.82. The molecule has 1 aromatic carbocycles. The molecule has 3 rings (SSSR count). The molecule has 0 aromatic heterocycles. The summed E-state index contributed by atoms with van der Waals surface area (Å²) in [5, 5.41) is 3.22. The molecule has 1 N–H and O–H groups in total. The van der Waals surface area contributed by atoms with E-state index >= 15 is 0 Å². The van der Waals surface area contributed by atoms with Gasteiger partial charge in [0.1, 0.15) is 0 Å². The van der Waals surface area contributed by atoms with Crippen LogP contribution in [0.3, 0.4) is 0 Å². The van der Waals surface area contributed by atoms with Crippen LogP contribution in [0.15, 0.2) is 29.2 Å². The Balaban J connectivity index is 1.73. The lowest BCUT2D eigenvalue weighted by atomic mass is 9.84. The molecular weight excluding hydrogens is 230 g/mol. The highest BCUT2D eigenvalue weighted by Crippen LogP contribution is 2.36. The molecule has 1 aliphatic carbocycles. The molecule has 0 radical (unpaired) electrons. The first kappa shape index (κ1) is 11.1. The molecule has 1 aliphatic heterocycles. The zero-order valence-corrected chi connectivity index (χ0v) is 10.6. The van der Waals surface area contributed by atoms with E-state index < -0.39 is 0 Å². The molecule has 0 spiro atoms. The number of benzene rings is 1. The molecule has 0 saturated heterocycles. The van der Waals surface area contributed by atoms with Gasteiger partial charge < -0.3 is 5.32 Å². The summed E-state index contributed by atoms with van der Waals surface area (Å²) < 4.78 is 0. The Morgan fingerprint density at radius 2 is 2.06 bits per heavy atom. The minimum absolute atomic E-state index is 0.237. The number of nitrogens with one attached hydrogen (secondary N) is 1. The molecule has 1 aromatic rings. The molecule has 90 valence electrons. The largest absolute Gasteiger partial charge is 0.349 e. The van der Waals surface area contributed by atoms with Gasteiger partial charge in [0, 0.05) is 16.6 Å². The lowest BCUT2D eigenvalue weighted by molar-refractivity contribution is -0.128. The highest BCUT2D eigenvalue weighted by atomic mass is 32.2. The van der Waals surface area contributed by atoms with Crippen LogP contribution in [-0.4, -0.2) is 11.7 Å². The van der Waals surface area contributed by atoms with Gasteiger partial charge in [0.05, 0.1) is 6.04 Å². The summed E-state index contributed by atoms with van der Waals surface area (Å²) in [5.41, 5.74) is 1.30. The van der Waals surface area contributed by atoms with Crippen molar-refractivity contribution in [3.05, 3.63) is 29.8 Å². The molecule has 1 atom stereocenters. The number of amides is 1. The molecule has 17 heavy (non-hydrogen) atoms. The first-order chi connectivity index (χ1) is 8.34. The zero-order chi connectivity index (χ0) is 11.7. The maximum absolute atomic E-state index is 12.0. The molecular formula is C14H17NOS. The van der Waals surface area contributed by atoms with Crippen LogP contribution in [-0.2, 0) is 4.79 Å². The average molecular weight is 247 g/mol. The van der Waals surface area contributed by atoms with Crippen molar-refractivity contribution in [1.82, 2.24) is 5.32 Å². The molecule has 2 nitrogen and oxygen atoms in total. The number of rotatable bonds is 2. The third-order valence-corrected chi connectivity index (χ3v) is 4.87. The molecule has 3 heteroatoms. The number of thioether (sulfide) groups is 1. The highest BCUT2D eigenvalue weighted by molar-refractivity contribution is 7.99. The van der Waals surface area contributed by atoms with Crippen molar-refractivity contribution in [2.45, 2.75) is 36.6 Å². The quantitative estimate of drug-likeness (QED) is 0.870. The van der Waals surface area contributed by atoms with E-state index in [1.807, 2.05) is 11.8 Å². The monoisotopic (exact) mass is 247 g/mol. The van der Waals surface area contributed by atoms with E-state index in [-0.39, 0.29) is 17.9 Å². The maximum atomic E-state index is 12.0. The maximum Gasteiger partial charge on any atom is 0.223 e. The van der Waals surface area contributed by atoms with Crippen LogP contribution in [0.4, 0.5) is 0 Å². The smallest absolute Gasteiger partial charge is 0.223 e. The third-order valence-electron chi connectivity index (χ3n) is 3.75. The Morgan fingerprint density at radius 1 is 1.24 bits per heavy atom. The second-order valence-corrected chi connectivity index (χ2v) is 6.00.